The third-order valence-corrected chi connectivity index (χ3v) is 1.92. The lowest BCUT2D eigenvalue weighted by atomic mass is 10.2. The van der Waals surface area contributed by atoms with E-state index in [0.29, 0.717) is 0 Å². The summed E-state index contributed by atoms with van der Waals surface area (Å²) in [6.45, 7) is 5.78. The van der Waals surface area contributed by atoms with Crippen LogP contribution in [0.25, 0.3) is 5.57 Å². The third kappa shape index (κ3) is 1.45. The molecule has 1 aromatic heterocycles. The Bertz CT molecular complexity index is 255. The van der Waals surface area contributed by atoms with E-state index >= 15 is 0 Å². The molecule has 0 amide bonds. The Labute approximate surface area is 68.9 Å². The zero-order chi connectivity index (χ0) is 7.56. The van der Waals surface area contributed by atoms with E-state index in [2.05, 4.69) is 27.5 Å². The summed E-state index contributed by atoms with van der Waals surface area (Å²) in [5, 5.41) is 0. The molecule has 0 radical (unpaired) electrons. The summed E-state index contributed by atoms with van der Waals surface area (Å²) in [6.07, 6.45) is 3.54. The second kappa shape index (κ2) is 2.97. The number of allylic oxidation sites excluding steroid dienone is 1. The highest BCUT2D eigenvalue weighted by Gasteiger charge is 1.96. The number of pyridine rings is 1. The predicted octanol–water partition coefficient (Wildman–Crippen LogP) is 2.88. The molecule has 0 unspecified atom stereocenters. The van der Waals surface area contributed by atoms with Crippen LogP contribution in [0.1, 0.15) is 12.5 Å². The Morgan fingerprint density at radius 2 is 2.40 bits per heavy atom. The smallest absolute Gasteiger partial charge is 0.0354 e. The highest BCUT2D eigenvalue weighted by molar-refractivity contribution is 9.10. The molecule has 2 heteroatoms. The first kappa shape index (κ1) is 7.48. The highest BCUT2D eigenvalue weighted by Crippen LogP contribution is 2.20. The molecule has 0 fully saturated rings. The zero-order valence-electron chi connectivity index (χ0n) is 5.76. The molecule has 0 spiro atoms. The van der Waals surface area contributed by atoms with Crippen LogP contribution in [0.3, 0.4) is 0 Å². The summed E-state index contributed by atoms with van der Waals surface area (Å²) >= 11 is 3.40. The van der Waals surface area contributed by atoms with Gasteiger partial charge in [0.15, 0.2) is 0 Å². The van der Waals surface area contributed by atoms with Crippen LogP contribution in [0.15, 0.2) is 29.5 Å². The molecule has 1 heterocycles. The molecular weight excluding hydrogens is 190 g/mol. The summed E-state index contributed by atoms with van der Waals surface area (Å²) < 4.78 is 1.05. The fourth-order valence-corrected chi connectivity index (χ4v) is 1.25. The Balaban J connectivity index is 3.15. The fourth-order valence-electron chi connectivity index (χ4n) is 0.692. The summed E-state index contributed by atoms with van der Waals surface area (Å²) in [5.41, 5.74) is 2.10. The van der Waals surface area contributed by atoms with Crippen LogP contribution in [-0.2, 0) is 0 Å². The molecule has 0 aliphatic rings. The van der Waals surface area contributed by atoms with Crippen LogP contribution in [0, 0.1) is 0 Å². The quantitative estimate of drug-likeness (QED) is 0.675. The minimum atomic E-state index is 1.03. The van der Waals surface area contributed by atoms with Crippen molar-refractivity contribution < 1.29 is 0 Å². The van der Waals surface area contributed by atoms with Crippen molar-refractivity contribution in [2.24, 2.45) is 0 Å². The number of aromatic nitrogens is 1. The van der Waals surface area contributed by atoms with E-state index in [0.717, 1.165) is 15.6 Å². The van der Waals surface area contributed by atoms with E-state index in [4.69, 9.17) is 0 Å². The van der Waals surface area contributed by atoms with E-state index in [-0.39, 0.29) is 0 Å². The molecule has 1 nitrogen and oxygen atoms in total. The lowest BCUT2D eigenvalue weighted by Gasteiger charge is -1.99. The summed E-state index contributed by atoms with van der Waals surface area (Å²) in [7, 11) is 0. The molecule has 0 bridgehead atoms. The summed E-state index contributed by atoms with van der Waals surface area (Å²) in [6, 6.07) is 1.91. The van der Waals surface area contributed by atoms with E-state index in [1.807, 2.05) is 13.0 Å². The first-order valence-electron chi connectivity index (χ1n) is 2.97. The molecule has 0 N–H and O–H groups in total. The van der Waals surface area contributed by atoms with Gasteiger partial charge in [-0.25, -0.2) is 0 Å². The van der Waals surface area contributed by atoms with Gasteiger partial charge in [-0.1, -0.05) is 22.5 Å². The van der Waals surface area contributed by atoms with Gasteiger partial charge in [-0.2, -0.15) is 0 Å². The monoisotopic (exact) mass is 197 g/mol. The molecule has 1 rings (SSSR count). The van der Waals surface area contributed by atoms with Crippen LogP contribution in [0.5, 0.6) is 0 Å². The van der Waals surface area contributed by atoms with Gasteiger partial charge >= 0.3 is 0 Å². The summed E-state index contributed by atoms with van der Waals surface area (Å²) in [4.78, 5) is 3.98. The standard InChI is InChI=1S/C8H8BrN/c1-6(2)7-5-10-4-3-8(7)9/h3-5H,1H2,2H3. The van der Waals surface area contributed by atoms with Crippen molar-refractivity contribution in [2.75, 3.05) is 0 Å². The fraction of sp³-hybridized carbons (Fsp3) is 0.125. The Morgan fingerprint density at radius 1 is 1.70 bits per heavy atom. The number of rotatable bonds is 1. The van der Waals surface area contributed by atoms with Crippen molar-refractivity contribution >= 4 is 21.5 Å². The SMILES string of the molecule is C=C(C)c1cnccc1Br. The van der Waals surface area contributed by atoms with Crippen molar-refractivity contribution in [3.05, 3.63) is 35.1 Å². The van der Waals surface area contributed by atoms with Crippen molar-refractivity contribution in [1.29, 1.82) is 0 Å². The van der Waals surface area contributed by atoms with Gasteiger partial charge in [0.25, 0.3) is 0 Å². The topological polar surface area (TPSA) is 12.9 Å². The van der Waals surface area contributed by atoms with Crippen LogP contribution < -0.4 is 0 Å². The number of hydrogen-bond donors (Lipinski definition) is 0. The lowest BCUT2D eigenvalue weighted by molar-refractivity contribution is 1.29. The Kier molecular flexibility index (Phi) is 2.22. The predicted molar refractivity (Wildman–Crippen MR) is 46.6 cm³/mol. The van der Waals surface area contributed by atoms with Crippen LogP contribution in [0.2, 0.25) is 0 Å². The summed E-state index contributed by atoms with van der Waals surface area (Å²) in [5.74, 6) is 0. The van der Waals surface area contributed by atoms with Crippen molar-refractivity contribution in [1.82, 2.24) is 4.98 Å². The minimum Gasteiger partial charge on any atom is -0.264 e. The maximum Gasteiger partial charge on any atom is 0.0354 e. The minimum absolute atomic E-state index is 1.03. The van der Waals surface area contributed by atoms with Gasteiger partial charge < -0.3 is 0 Å². The second-order valence-corrected chi connectivity index (χ2v) is 2.99. The molecule has 0 atom stereocenters. The molecule has 0 saturated carbocycles. The zero-order valence-corrected chi connectivity index (χ0v) is 7.35. The molecule has 10 heavy (non-hydrogen) atoms. The van der Waals surface area contributed by atoms with E-state index in [1.165, 1.54) is 0 Å². The molecule has 0 aliphatic carbocycles. The van der Waals surface area contributed by atoms with Crippen molar-refractivity contribution in [2.45, 2.75) is 6.92 Å². The van der Waals surface area contributed by atoms with Gasteiger partial charge in [-0.3, -0.25) is 4.98 Å². The average Bonchev–Trinajstić information content (AvgIpc) is 1.88. The largest absolute Gasteiger partial charge is 0.264 e. The number of nitrogens with zero attached hydrogens (tertiary/aromatic N) is 1. The molecule has 52 valence electrons. The maximum atomic E-state index is 3.98. The van der Waals surface area contributed by atoms with Crippen molar-refractivity contribution in [3.63, 3.8) is 0 Å². The third-order valence-electron chi connectivity index (χ3n) is 1.23. The number of hydrogen-bond acceptors (Lipinski definition) is 1. The van der Waals surface area contributed by atoms with Crippen LogP contribution >= 0.6 is 15.9 Å². The van der Waals surface area contributed by atoms with Gasteiger partial charge in [0.2, 0.25) is 0 Å². The molecule has 1 aromatic rings. The van der Waals surface area contributed by atoms with Gasteiger partial charge in [-0.05, 0) is 18.6 Å². The Morgan fingerprint density at radius 3 is 2.80 bits per heavy atom. The van der Waals surface area contributed by atoms with E-state index in [9.17, 15) is 0 Å². The van der Waals surface area contributed by atoms with Crippen LogP contribution in [0.4, 0.5) is 0 Å². The molecule has 0 aromatic carbocycles. The first-order valence-corrected chi connectivity index (χ1v) is 3.76. The van der Waals surface area contributed by atoms with Gasteiger partial charge in [0, 0.05) is 22.4 Å². The average molecular weight is 198 g/mol. The maximum absolute atomic E-state index is 3.98. The second-order valence-electron chi connectivity index (χ2n) is 2.14. The molecule has 0 saturated heterocycles. The molecular formula is C8H8BrN. The van der Waals surface area contributed by atoms with Gasteiger partial charge in [-0.15, -0.1) is 0 Å². The van der Waals surface area contributed by atoms with Gasteiger partial charge in [0.1, 0.15) is 0 Å². The van der Waals surface area contributed by atoms with Crippen molar-refractivity contribution in [3.8, 4) is 0 Å². The van der Waals surface area contributed by atoms with E-state index < -0.39 is 0 Å². The molecule has 0 aliphatic heterocycles. The lowest BCUT2D eigenvalue weighted by Crippen LogP contribution is -1.81. The van der Waals surface area contributed by atoms with Crippen LogP contribution in [-0.4, -0.2) is 4.98 Å². The number of halogens is 1. The van der Waals surface area contributed by atoms with E-state index in [1.54, 1.807) is 12.4 Å². The first-order chi connectivity index (χ1) is 4.72. The normalized spacial score (nSPS) is 9.40. The Hall–Kier alpha value is -0.630. The van der Waals surface area contributed by atoms with Gasteiger partial charge in [0.05, 0.1) is 0 Å². The highest BCUT2D eigenvalue weighted by atomic mass is 79.9.